The molecular formula is C3H9O2PSi. The highest BCUT2D eigenvalue weighted by Gasteiger charge is 2.02. The second kappa shape index (κ2) is 2.65. The summed E-state index contributed by atoms with van der Waals surface area (Å²) in [5.74, 6) is 0. The fourth-order valence-electron chi connectivity index (χ4n) is 0.220. The molecule has 0 N–H and O–H groups in total. The Balaban J connectivity index is 3.36. The molecule has 0 saturated heterocycles. The van der Waals surface area contributed by atoms with Gasteiger partial charge in [0, 0.05) is 13.3 Å². The van der Waals surface area contributed by atoms with Gasteiger partial charge in [0.1, 0.15) is 0 Å². The Morgan fingerprint density at radius 3 is 2.00 bits per heavy atom. The molecular weight excluding hydrogens is 127 g/mol. The van der Waals surface area contributed by atoms with Crippen molar-refractivity contribution in [2.24, 2.45) is 0 Å². The molecule has 0 aromatic heterocycles. The van der Waals surface area contributed by atoms with Gasteiger partial charge in [0.2, 0.25) is 9.76 Å². The largest absolute Gasteiger partial charge is 0.371 e. The minimum Gasteiger partial charge on any atom is -0.371 e. The lowest BCUT2D eigenvalue weighted by Crippen LogP contribution is -1.87. The summed E-state index contributed by atoms with van der Waals surface area (Å²) in [6, 6.07) is 0. The average Bonchev–Trinajstić information content (AvgIpc) is 1.30. The van der Waals surface area contributed by atoms with E-state index in [2.05, 4.69) is 0 Å². The van der Waals surface area contributed by atoms with Crippen LogP contribution in [0.1, 0.15) is 0 Å². The van der Waals surface area contributed by atoms with Gasteiger partial charge in [0.25, 0.3) is 0 Å². The van der Waals surface area contributed by atoms with Crippen molar-refractivity contribution in [2.75, 3.05) is 13.3 Å². The second-order valence-electron chi connectivity index (χ2n) is 1.55. The number of hydrogen-bond acceptors (Lipinski definition) is 2. The Hall–Kier alpha value is 0.407. The molecule has 0 amide bonds. The average molecular weight is 136 g/mol. The van der Waals surface area contributed by atoms with Gasteiger partial charge in [-0.25, -0.2) is 0 Å². The summed E-state index contributed by atoms with van der Waals surface area (Å²) >= 11 is 0. The zero-order valence-electron chi connectivity index (χ0n) is 4.76. The third kappa shape index (κ3) is 6.41. The quantitative estimate of drug-likeness (QED) is 0.421. The molecule has 0 bridgehead atoms. The Kier molecular flexibility index (Phi) is 2.80. The van der Waals surface area contributed by atoms with Gasteiger partial charge >= 0.3 is 0 Å². The molecule has 0 atom stereocenters. The third-order valence-corrected chi connectivity index (χ3v) is 2.80. The van der Waals surface area contributed by atoms with E-state index in [4.69, 9.17) is 4.21 Å². The van der Waals surface area contributed by atoms with Crippen molar-refractivity contribution in [3.8, 4) is 0 Å². The van der Waals surface area contributed by atoms with Gasteiger partial charge in [0.15, 0.2) is 7.37 Å². The van der Waals surface area contributed by atoms with Gasteiger partial charge < -0.3 is 4.21 Å². The Morgan fingerprint density at radius 2 is 2.00 bits per heavy atom. The second-order valence-corrected chi connectivity index (χ2v) is 5.19. The SMILES string of the molecule is C[Si]OP(C)(C)=O. The van der Waals surface area contributed by atoms with Gasteiger partial charge in [-0.2, -0.15) is 0 Å². The lowest BCUT2D eigenvalue weighted by Gasteiger charge is -2.02. The van der Waals surface area contributed by atoms with Gasteiger partial charge in [-0.3, -0.25) is 4.57 Å². The summed E-state index contributed by atoms with van der Waals surface area (Å²) in [5, 5.41) is 0. The lowest BCUT2D eigenvalue weighted by molar-refractivity contribution is 0.509. The Morgan fingerprint density at radius 1 is 1.57 bits per heavy atom. The first-order valence-electron chi connectivity index (χ1n) is 1.96. The van der Waals surface area contributed by atoms with Gasteiger partial charge in [0.05, 0.1) is 0 Å². The molecule has 0 saturated carbocycles. The first-order valence-corrected chi connectivity index (χ1v) is 5.89. The maximum Gasteiger partial charge on any atom is 0.236 e. The molecule has 0 aromatic carbocycles. The Bertz CT molecular complexity index is 86.9. The van der Waals surface area contributed by atoms with Crippen molar-refractivity contribution >= 4 is 17.1 Å². The molecule has 4 heteroatoms. The number of hydrogen-bond donors (Lipinski definition) is 0. The first-order chi connectivity index (χ1) is 3.06. The van der Waals surface area contributed by atoms with Gasteiger partial charge in [-0.1, -0.05) is 0 Å². The van der Waals surface area contributed by atoms with E-state index in [-0.39, 0.29) is 0 Å². The monoisotopic (exact) mass is 136 g/mol. The first kappa shape index (κ1) is 7.41. The van der Waals surface area contributed by atoms with Crippen molar-refractivity contribution in [2.45, 2.75) is 6.55 Å². The van der Waals surface area contributed by atoms with Crippen LogP contribution in [-0.2, 0) is 8.78 Å². The maximum absolute atomic E-state index is 10.6. The van der Waals surface area contributed by atoms with E-state index in [0.717, 1.165) is 0 Å². The van der Waals surface area contributed by atoms with Crippen LogP contribution in [0.15, 0.2) is 0 Å². The highest BCUT2D eigenvalue weighted by Crippen LogP contribution is 2.35. The summed E-state index contributed by atoms with van der Waals surface area (Å²) in [6.07, 6.45) is 0. The summed E-state index contributed by atoms with van der Waals surface area (Å²) in [7, 11) is -1.81. The molecule has 0 aliphatic carbocycles. The predicted molar refractivity (Wildman–Crippen MR) is 32.2 cm³/mol. The zero-order chi connectivity index (χ0) is 5.91. The van der Waals surface area contributed by atoms with Crippen LogP contribution in [0.3, 0.4) is 0 Å². The third-order valence-electron chi connectivity index (χ3n) is 0.311. The molecule has 2 radical (unpaired) electrons. The molecule has 0 spiro atoms. The van der Waals surface area contributed by atoms with Crippen LogP contribution in [0.5, 0.6) is 0 Å². The molecule has 7 heavy (non-hydrogen) atoms. The van der Waals surface area contributed by atoms with Crippen molar-refractivity contribution in [1.82, 2.24) is 0 Å². The molecule has 0 unspecified atom stereocenters. The van der Waals surface area contributed by atoms with Crippen LogP contribution < -0.4 is 0 Å². The summed E-state index contributed by atoms with van der Waals surface area (Å²) in [4.78, 5) is 0. The highest BCUT2D eigenvalue weighted by atomic mass is 31.2. The Labute approximate surface area is 46.7 Å². The van der Waals surface area contributed by atoms with E-state index in [9.17, 15) is 4.57 Å². The van der Waals surface area contributed by atoms with E-state index >= 15 is 0 Å². The molecule has 42 valence electrons. The minimum atomic E-state index is -2.15. The van der Waals surface area contributed by atoms with E-state index in [1.165, 1.54) is 0 Å². The van der Waals surface area contributed by atoms with E-state index in [0.29, 0.717) is 9.76 Å². The van der Waals surface area contributed by atoms with E-state index < -0.39 is 7.37 Å². The summed E-state index contributed by atoms with van der Waals surface area (Å²) < 4.78 is 15.4. The molecule has 0 rings (SSSR count). The van der Waals surface area contributed by atoms with Crippen LogP contribution in [0.2, 0.25) is 6.55 Å². The molecule has 0 aliphatic rings. The van der Waals surface area contributed by atoms with Crippen LogP contribution in [-0.4, -0.2) is 23.1 Å². The zero-order valence-corrected chi connectivity index (χ0v) is 6.66. The standard InChI is InChI=1S/C3H9O2PSi/c1-6(2,4)5-7-3/h1-3H3. The van der Waals surface area contributed by atoms with Crippen LogP contribution >= 0.6 is 7.37 Å². The van der Waals surface area contributed by atoms with Crippen molar-refractivity contribution in [1.29, 1.82) is 0 Å². The number of rotatable bonds is 2. The van der Waals surface area contributed by atoms with E-state index in [1.807, 2.05) is 6.55 Å². The maximum atomic E-state index is 10.6. The molecule has 0 fully saturated rings. The lowest BCUT2D eigenvalue weighted by atomic mass is 11.9. The van der Waals surface area contributed by atoms with Gasteiger partial charge in [-0.05, 0) is 6.55 Å². The van der Waals surface area contributed by atoms with Crippen LogP contribution in [0.25, 0.3) is 0 Å². The molecule has 0 aliphatic heterocycles. The molecule has 0 aromatic rings. The van der Waals surface area contributed by atoms with E-state index in [1.54, 1.807) is 13.3 Å². The van der Waals surface area contributed by atoms with Crippen molar-refractivity contribution in [3.63, 3.8) is 0 Å². The van der Waals surface area contributed by atoms with Crippen LogP contribution in [0, 0.1) is 0 Å². The molecule has 2 nitrogen and oxygen atoms in total. The summed E-state index contributed by atoms with van der Waals surface area (Å²) in [5.41, 5.74) is 0. The minimum absolute atomic E-state index is 0.346. The molecule has 0 heterocycles. The van der Waals surface area contributed by atoms with Crippen LogP contribution in [0.4, 0.5) is 0 Å². The normalized spacial score (nSPS) is 11.9. The van der Waals surface area contributed by atoms with Crippen molar-refractivity contribution < 1.29 is 8.78 Å². The fourth-order valence-corrected chi connectivity index (χ4v) is 1.98. The van der Waals surface area contributed by atoms with Gasteiger partial charge in [-0.15, -0.1) is 0 Å². The van der Waals surface area contributed by atoms with Crippen molar-refractivity contribution in [3.05, 3.63) is 0 Å². The smallest absolute Gasteiger partial charge is 0.236 e. The predicted octanol–water partition coefficient (Wildman–Crippen LogP) is 1.21. The fraction of sp³-hybridized carbons (Fsp3) is 1.00. The highest BCUT2D eigenvalue weighted by molar-refractivity contribution is 7.58. The summed E-state index contributed by atoms with van der Waals surface area (Å²) in [6.45, 7) is 5.09. The topological polar surface area (TPSA) is 26.3 Å².